The highest BCUT2D eigenvalue weighted by Gasteiger charge is 2.36. The summed E-state index contributed by atoms with van der Waals surface area (Å²) in [4.78, 5) is 50.8. The molecule has 0 aromatic heterocycles. The number of benzene rings is 3. The highest BCUT2D eigenvalue weighted by Crippen LogP contribution is 2.36. The lowest BCUT2D eigenvalue weighted by atomic mass is 10.1. The summed E-state index contributed by atoms with van der Waals surface area (Å²) in [5.41, 5.74) is 2.99. The molecule has 1 fully saturated rings. The number of amides is 3. The Morgan fingerprint density at radius 2 is 1.63 bits per heavy atom. The van der Waals surface area contributed by atoms with Crippen molar-refractivity contribution < 1.29 is 23.9 Å². The first-order valence-electron chi connectivity index (χ1n) is 10.5. The summed E-state index contributed by atoms with van der Waals surface area (Å²) in [6, 6.07) is 20.0. The van der Waals surface area contributed by atoms with Crippen LogP contribution in [0.1, 0.15) is 21.5 Å². The van der Waals surface area contributed by atoms with E-state index >= 15 is 0 Å². The Morgan fingerprint density at radius 1 is 0.971 bits per heavy atom. The molecule has 176 valence electrons. The Hall–Kier alpha value is -3.88. The number of carbonyl (C=O) groups is 4. The third-order valence-electron chi connectivity index (χ3n) is 4.99. The fourth-order valence-corrected chi connectivity index (χ4v) is 4.16. The summed E-state index contributed by atoms with van der Waals surface area (Å²) in [6.45, 7) is 1.52. The molecule has 35 heavy (non-hydrogen) atoms. The smallest absolute Gasteiger partial charge is 0.338 e. The van der Waals surface area contributed by atoms with E-state index in [2.05, 4.69) is 5.32 Å². The number of hydrogen-bond donors (Lipinski definition) is 1. The zero-order valence-electron chi connectivity index (χ0n) is 18.5. The molecule has 3 aromatic rings. The third kappa shape index (κ3) is 5.98. The molecule has 7 nitrogen and oxygen atoms in total. The van der Waals surface area contributed by atoms with Crippen LogP contribution >= 0.6 is 23.4 Å². The zero-order valence-corrected chi connectivity index (χ0v) is 20.1. The van der Waals surface area contributed by atoms with Crippen molar-refractivity contribution in [3.63, 3.8) is 0 Å². The average Bonchev–Trinajstić information content (AvgIpc) is 3.12. The van der Waals surface area contributed by atoms with Gasteiger partial charge >= 0.3 is 5.97 Å². The van der Waals surface area contributed by atoms with Crippen LogP contribution in [0.2, 0.25) is 5.02 Å². The maximum Gasteiger partial charge on any atom is 0.338 e. The topological polar surface area (TPSA) is 92.8 Å². The molecule has 0 unspecified atom stereocenters. The lowest BCUT2D eigenvalue weighted by Crippen LogP contribution is -2.27. The molecule has 9 heteroatoms. The Labute approximate surface area is 210 Å². The Bertz CT molecular complexity index is 1320. The standard InChI is InChI=1S/C26H19ClN2O5S/c1-16-2-10-20(11-3-16)28-23(30)15-34-25(32)18-6-4-17(5-7-18)14-22-24(31)29(26(33)35-22)21-12-8-19(27)9-13-21/h2-14H,15H2,1H3,(H,28,30)/b22-14+. The third-order valence-corrected chi connectivity index (χ3v) is 6.11. The van der Waals surface area contributed by atoms with Gasteiger partial charge in [-0.05, 0) is 78.9 Å². The molecule has 4 rings (SSSR count). The van der Waals surface area contributed by atoms with Crippen LogP contribution in [0, 0.1) is 6.92 Å². The first kappa shape index (κ1) is 24.3. The second-order valence-corrected chi connectivity index (χ2v) is 9.04. The summed E-state index contributed by atoms with van der Waals surface area (Å²) in [7, 11) is 0. The highest BCUT2D eigenvalue weighted by molar-refractivity contribution is 8.19. The van der Waals surface area contributed by atoms with Crippen molar-refractivity contribution in [2.75, 3.05) is 16.8 Å². The average molecular weight is 507 g/mol. The van der Waals surface area contributed by atoms with Crippen molar-refractivity contribution in [1.82, 2.24) is 0 Å². The first-order chi connectivity index (χ1) is 16.8. The maximum absolute atomic E-state index is 12.7. The number of nitrogens with zero attached hydrogens (tertiary/aromatic N) is 1. The minimum atomic E-state index is -0.654. The first-order valence-corrected chi connectivity index (χ1v) is 11.7. The molecule has 1 saturated heterocycles. The number of imide groups is 1. The van der Waals surface area contributed by atoms with Crippen molar-refractivity contribution >= 4 is 63.8 Å². The van der Waals surface area contributed by atoms with Gasteiger partial charge in [-0.1, -0.05) is 41.4 Å². The lowest BCUT2D eigenvalue weighted by Gasteiger charge is -2.12. The molecule has 1 aliphatic rings. The zero-order chi connectivity index (χ0) is 24.9. The van der Waals surface area contributed by atoms with Crippen LogP contribution in [0.15, 0.2) is 77.7 Å². The molecule has 3 amide bonds. The van der Waals surface area contributed by atoms with Gasteiger partial charge in [0.15, 0.2) is 6.61 Å². The molecular formula is C26H19ClN2O5S. The summed E-state index contributed by atoms with van der Waals surface area (Å²) in [5.74, 6) is -1.54. The van der Waals surface area contributed by atoms with Crippen molar-refractivity contribution in [3.8, 4) is 0 Å². The van der Waals surface area contributed by atoms with E-state index in [4.69, 9.17) is 16.3 Å². The van der Waals surface area contributed by atoms with E-state index in [1.807, 2.05) is 19.1 Å². The van der Waals surface area contributed by atoms with E-state index in [1.54, 1.807) is 54.6 Å². The Morgan fingerprint density at radius 3 is 2.29 bits per heavy atom. The lowest BCUT2D eigenvalue weighted by molar-refractivity contribution is -0.119. The van der Waals surface area contributed by atoms with Gasteiger partial charge in [0.2, 0.25) is 0 Å². The van der Waals surface area contributed by atoms with E-state index < -0.39 is 29.6 Å². The van der Waals surface area contributed by atoms with E-state index in [9.17, 15) is 19.2 Å². The van der Waals surface area contributed by atoms with Crippen LogP contribution in [-0.4, -0.2) is 29.6 Å². The van der Waals surface area contributed by atoms with Gasteiger partial charge in [-0.3, -0.25) is 14.4 Å². The number of nitrogens with one attached hydrogen (secondary N) is 1. The van der Waals surface area contributed by atoms with Crippen molar-refractivity contribution in [2.45, 2.75) is 6.92 Å². The quantitative estimate of drug-likeness (QED) is 0.341. The van der Waals surface area contributed by atoms with Crippen molar-refractivity contribution in [2.24, 2.45) is 0 Å². The minimum absolute atomic E-state index is 0.250. The minimum Gasteiger partial charge on any atom is -0.452 e. The molecule has 3 aromatic carbocycles. The van der Waals surface area contributed by atoms with E-state index in [-0.39, 0.29) is 10.5 Å². The van der Waals surface area contributed by atoms with E-state index in [1.165, 1.54) is 12.1 Å². The van der Waals surface area contributed by atoms with Crippen molar-refractivity contribution in [3.05, 3.63) is 99.4 Å². The molecule has 0 atom stereocenters. The number of halogens is 1. The van der Waals surface area contributed by atoms with Crippen LogP contribution in [-0.2, 0) is 14.3 Å². The van der Waals surface area contributed by atoms with E-state index in [0.717, 1.165) is 22.2 Å². The van der Waals surface area contributed by atoms with Crippen LogP contribution < -0.4 is 10.2 Å². The predicted octanol–water partition coefficient (Wildman–Crippen LogP) is 5.68. The molecule has 1 heterocycles. The molecule has 0 bridgehead atoms. The SMILES string of the molecule is Cc1ccc(NC(=O)COC(=O)c2ccc(/C=C3/SC(=O)N(c4ccc(Cl)cc4)C3=O)cc2)cc1. The summed E-state index contributed by atoms with van der Waals surface area (Å²) in [5, 5.41) is 2.75. The number of anilines is 2. The molecule has 0 spiro atoms. The maximum atomic E-state index is 12.7. The molecule has 0 aliphatic carbocycles. The van der Waals surface area contributed by atoms with Crippen LogP contribution in [0.4, 0.5) is 16.2 Å². The molecule has 0 saturated carbocycles. The van der Waals surface area contributed by atoms with Gasteiger partial charge in [-0.25, -0.2) is 9.69 Å². The van der Waals surface area contributed by atoms with Gasteiger partial charge in [-0.2, -0.15) is 0 Å². The van der Waals surface area contributed by atoms with Gasteiger partial charge in [0.25, 0.3) is 17.1 Å². The normalized spacial score (nSPS) is 14.3. The summed E-state index contributed by atoms with van der Waals surface area (Å²) in [6.07, 6.45) is 1.57. The molecule has 1 aliphatic heterocycles. The predicted molar refractivity (Wildman–Crippen MR) is 136 cm³/mol. The number of aryl methyl sites for hydroxylation is 1. The monoisotopic (exact) mass is 506 g/mol. The number of esters is 1. The van der Waals surface area contributed by atoms with Gasteiger partial charge in [0.05, 0.1) is 16.2 Å². The second kappa shape index (κ2) is 10.6. The summed E-state index contributed by atoms with van der Waals surface area (Å²) < 4.78 is 5.08. The van der Waals surface area contributed by atoms with Crippen LogP contribution in [0.25, 0.3) is 6.08 Å². The van der Waals surface area contributed by atoms with Gasteiger partial charge in [0, 0.05) is 10.7 Å². The van der Waals surface area contributed by atoms with Crippen LogP contribution in [0.5, 0.6) is 0 Å². The van der Waals surface area contributed by atoms with Gasteiger partial charge < -0.3 is 10.1 Å². The number of thioether (sulfide) groups is 1. The van der Waals surface area contributed by atoms with Crippen molar-refractivity contribution in [1.29, 1.82) is 0 Å². The molecule has 0 radical (unpaired) electrons. The largest absolute Gasteiger partial charge is 0.452 e. The fraction of sp³-hybridized carbons (Fsp3) is 0.0769. The molecular weight excluding hydrogens is 488 g/mol. The number of hydrogen-bond acceptors (Lipinski definition) is 6. The van der Waals surface area contributed by atoms with Gasteiger partial charge in [0.1, 0.15) is 0 Å². The number of ether oxygens (including phenoxy) is 1. The van der Waals surface area contributed by atoms with Gasteiger partial charge in [-0.15, -0.1) is 0 Å². The van der Waals surface area contributed by atoms with Crippen LogP contribution in [0.3, 0.4) is 0 Å². The Balaban J connectivity index is 1.36. The summed E-state index contributed by atoms with van der Waals surface area (Å²) >= 11 is 6.71. The van der Waals surface area contributed by atoms with E-state index in [0.29, 0.717) is 22.0 Å². The Kier molecular flexibility index (Phi) is 7.33. The number of rotatable bonds is 6. The number of carbonyl (C=O) groups excluding carboxylic acids is 4. The highest BCUT2D eigenvalue weighted by atomic mass is 35.5. The second-order valence-electron chi connectivity index (χ2n) is 7.61. The molecule has 1 N–H and O–H groups in total. The fourth-order valence-electron chi connectivity index (χ4n) is 3.20.